The predicted octanol–water partition coefficient (Wildman–Crippen LogP) is 2.05. The molecular weight excluding hydrogens is 178 g/mol. The summed E-state index contributed by atoms with van der Waals surface area (Å²) < 4.78 is 5.27. The van der Waals surface area contributed by atoms with Crippen LogP contribution in [0.15, 0.2) is 18.2 Å². The van der Waals surface area contributed by atoms with Crippen molar-refractivity contribution in [3.05, 3.63) is 40.7 Å². The van der Waals surface area contributed by atoms with Crippen LogP contribution in [0.25, 0.3) is 4.85 Å². The highest BCUT2D eigenvalue weighted by molar-refractivity contribution is 5.68. The van der Waals surface area contributed by atoms with Crippen LogP contribution in [0.4, 0.5) is 5.69 Å². The molecule has 0 saturated carbocycles. The zero-order valence-electron chi connectivity index (χ0n) is 7.56. The molecule has 0 bridgehead atoms. The SMILES string of the molecule is [C-]#[N+]c1cccc2c1COCC2C=O. The van der Waals surface area contributed by atoms with E-state index < -0.39 is 0 Å². The molecule has 1 heterocycles. The monoisotopic (exact) mass is 187 g/mol. The fourth-order valence-electron chi connectivity index (χ4n) is 1.69. The van der Waals surface area contributed by atoms with Crippen molar-refractivity contribution in [3.63, 3.8) is 0 Å². The first-order chi connectivity index (χ1) is 6.86. The number of carbonyl (C=O) groups excluding carboxylic acids is 1. The predicted molar refractivity (Wildman–Crippen MR) is 51.2 cm³/mol. The Hall–Kier alpha value is -1.66. The van der Waals surface area contributed by atoms with Crippen molar-refractivity contribution in [3.8, 4) is 0 Å². The van der Waals surface area contributed by atoms with Crippen LogP contribution >= 0.6 is 0 Å². The Morgan fingerprint density at radius 1 is 1.57 bits per heavy atom. The van der Waals surface area contributed by atoms with E-state index in [4.69, 9.17) is 11.3 Å². The van der Waals surface area contributed by atoms with E-state index in [1.807, 2.05) is 12.1 Å². The molecule has 3 heteroatoms. The van der Waals surface area contributed by atoms with E-state index in [2.05, 4.69) is 4.85 Å². The number of ether oxygens (including phenoxy) is 1. The normalized spacial score (nSPS) is 19.5. The van der Waals surface area contributed by atoms with Gasteiger partial charge in [0.25, 0.3) is 0 Å². The lowest BCUT2D eigenvalue weighted by atomic mass is 9.93. The third-order valence-corrected chi connectivity index (χ3v) is 2.42. The van der Waals surface area contributed by atoms with Crippen molar-refractivity contribution in [1.29, 1.82) is 0 Å². The Morgan fingerprint density at radius 3 is 3.14 bits per heavy atom. The summed E-state index contributed by atoms with van der Waals surface area (Å²) >= 11 is 0. The lowest BCUT2D eigenvalue weighted by Gasteiger charge is -2.22. The van der Waals surface area contributed by atoms with Crippen LogP contribution in [0.1, 0.15) is 17.0 Å². The molecule has 0 N–H and O–H groups in total. The van der Waals surface area contributed by atoms with Crippen LogP contribution in [-0.4, -0.2) is 12.9 Å². The Labute approximate surface area is 82.1 Å². The van der Waals surface area contributed by atoms with Crippen molar-refractivity contribution < 1.29 is 9.53 Å². The molecule has 0 aliphatic carbocycles. The Bertz CT molecular complexity index is 406. The second-order valence-corrected chi connectivity index (χ2v) is 3.21. The fourth-order valence-corrected chi connectivity index (χ4v) is 1.69. The van der Waals surface area contributed by atoms with E-state index in [1.54, 1.807) is 6.07 Å². The molecule has 0 fully saturated rings. The van der Waals surface area contributed by atoms with Gasteiger partial charge in [0.2, 0.25) is 0 Å². The van der Waals surface area contributed by atoms with Gasteiger partial charge < -0.3 is 9.53 Å². The molecule has 3 nitrogen and oxygen atoms in total. The molecule has 1 aliphatic rings. The fraction of sp³-hybridized carbons (Fsp3) is 0.273. The Morgan fingerprint density at radius 2 is 2.43 bits per heavy atom. The Kier molecular flexibility index (Phi) is 2.30. The Balaban J connectivity index is 2.55. The van der Waals surface area contributed by atoms with Crippen LogP contribution in [0, 0.1) is 6.57 Å². The number of benzene rings is 1. The third-order valence-electron chi connectivity index (χ3n) is 2.42. The van der Waals surface area contributed by atoms with Crippen LogP contribution < -0.4 is 0 Å². The van der Waals surface area contributed by atoms with Gasteiger partial charge in [-0.1, -0.05) is 18.2 Å². The lowest BCUT2D eigenvalue weighted by Crippen LogP contribution is -2.17. The van der Waals surface area contributed by atoms with Crippen molar-refractivity contribution in [2.45, 2.75) is 12.5 Å². The number of carbonyl (C=O) groups is 1. The lowest BCUT2D eigenvalue weighted by molar-refractivity contribution is -0.110. The van der Waals surface area contributed by atoms with Gasteiger partial charge in [-0.2, -0.15) is 0 Å². The standard InChI is InChI=1S/C11H9NO2/c1-12-11-4-2-3-9-8(5-13)6-14-7-10(9)11/h2-5,8H,6-7H2. The first-order valence-electron chi connectivity index (χ1n) is 4.39. The summed E-state index contributed by atoms with van der Waals surface area (Å²) in [4.78, 5) is 14.2. The number of nitrogens with zero attached hydrogens (tertiary/aromatic N) is 1. The minimum absolute atomic E-state index is 0.208. The van der Waals surface area contributed by atoms with Gasteiger partial charge in [-0.25, -0.2) is 4.85 Å². The zero-order chi connectivity index (χ0) is 9.97. The van der Waals surface area contributed by atoms with E-state index >= 15 is 0 Å². The second kappa shape index (κ2) is 3.60. The summed E-state index contributed by atoms with van der Waals surface area (Å²) in [6, 6.07) is 5.46. The number of rotatable bonds is 1. The first kappa shape index (κ1) is 8.92. The number of fused-ring (bicyclic) bond motifs is 1. The molecule has 1 aromatic carbocycles. The van der Waals surface area contributed by atoms with Crippen molar-refractivity contribution in [1.82, 2.24) is 0 Å². The van der Waals surface area contributed by atoms with E-state index in [0.29, 0.717) is 18.9 Å². The molecule has 1 atom stereocenters. The highest BCUT2D eigenvalue weighted by Gasteiger charge is 2.21. The van der Waals surface area contributed by atoms with E-state index in [9.17, 15) is 4.79 Å². The van der Waals surface area contributed by atoms with Crippen LogP contribution in [0.2, 0.25) is 0 Å². The zero-order valence-corrected chi connectivity index (χ0v) is 7.56. The molecule has 0 spiro atoms. The highest BCUT2D eigenvalue weighted by atomic mass is 16.5. The van der Waals surface area contributed by atoms with E-state index in [1.165, 1.54) is 0 Å². The highest BCUT2D eigenvalue weighted by Crippen LogP contribution is 2.32. The first-order valence-corrected chi connectivity index (χ1v) is 4.39. The van der Waals surface area contributed by atoms with Gasteiger partial charge in [-0.15, -0.1) is 0 Å². The van der Waals surface area contributed by atoms with Crippen molar-refractivity contribution in [2.75, 3.05) is 6.61 Å². The molecule has 0 amide bonds. The molecule has 0 radical (unpaired) electrons. The van der Waals surface area contributed by atoms with Crippen molar-refractivity contribution in [2.24, 2.45) is 0 Å². The van der Waals surface area contributed by atoms with Crippen molar-refractivity contribution >= 4 is 12.0 Å². The minimum Gasteiger partial charge on any atom is -0.377 e. The van der Waals surface area contributed by atoms with Crippen LogP contribution in [-0.2, 0) is 16.1 Å². The summed E-state index contributed by atoms with van der Waals surface area (Å²) in [6.07, 6.45) is 0.881. The quantitative estimate of drug-likeness (QED) is 0.497. The summed E-state index contributed by atoms with van der Waals surface area (Å²) in [6.45, 7) is 7.86. The maximum absolute atomic E-state index is 10.8. The third kappa shape index (κ3) is 1.30. The number of aldehydes is 1. The molecule has 14 heavy (non-hydrogen) atoms. The summed E-state index contributed by atoms with van der Waals surface area (Å²) in [7, 11) is 0. The largest absolute Gasteiger partial charge is 0.377 e. The number of hydrogen-bond acceptors (Lipinski definition) is 2. The molecule has 70 valence electrons. The second-order valence-electron chi connectivity index (χ2n) is 3.21. The molecule has 2 rings (SSSR count). The van der Waals surface area contributed by atoms with E-state index in [0.717, 1.165) is 17.4 Å². The smallest absolute Gasteiger partial charge is 0.192 e. The van der Waals surface area contributed by atoms with Crippen LogP contribution in [0.3, 0.4) is 0 Å². The average Bonchev–Trinajstić information content (AvgIpc) is 2.27. The average molecular weight is 187 g/mol. The molecule has 1 unspecified atom stereocenters. The molecule has 1 aromatic rings. The van der Waals surface area contributed by atoms with Gasteiger partial charge in [0.05, 0.1) is 25.7 Å². The molecular formula is C11H9NO2. The van der Waals surface area contributed by atoms with Gasteiger partial charge in [0, 0.05) is 0 Å². The maximum atomic E-state index is 10.8. The summed E-state index contributed by atoms with van der Waals surface area (Å²) in [5, 5.41) is 0. The topological polar surface area (TPSA) is 30.7 Å². The molecule has 1 aliphatic heterocycles. The van der Waals surface area contributed by atoms with Gasteiger partial charge >= 0.3 is 0 Å². The van der Waals surface area contributed by atoms with Gasteiger partial charge in [0.15, 0.2) is 5.69 Å². The summed E-state index contributed by atoms with van der Waals surface area (Å²) in [5.74, 6) is -0.208. The van der Waals surface area contributed by atoms with Gasteiger partial charge in [-0.05, 0) is 11.1 Å². The van der Waals surface area contributed by atoms with Gasteiger partial charge in [0.1, 0.15) is 6.29 Å². The minimum atomic E-state index is -0.208. The van der Waals surface area contributed by atoms with Crippen LogP contribution in [0.5, 0.6) is 0 Å². The number of hydrogen-bond donors (Lipinski definition) is 0. The maximum Gasteiger partial charge on any atom is 0.192 e. The molecule has 0 saturated heterocycles. The molecule has 0 aromatic heterocycles. The summed E-state index contributed by atoms with van der Waals surface area (Å²) in [5.41, 5.74) is 2.40. The van der Waals surface area contributed by atoms with E-state index in [-0.39, 0.29) is 5.92 Å². The van der Waals surface area contributed by atoms with Gasteiger partial charge in [-0.3, -0.25) is 0 Å².